The van der Waals surface area contributed by atoms with Crippen LogP contribution in [0.5, 0.6) is 34.5 Å². The van der Waals surface area contributed by atoms with Crippen LogP contribution in [0.15, 0.2) is 30.5 Å². The Morgan fingerprint density at radius 2 is 1.52 bits per heavy atom. The summed E-state index contributed by atoms with van der Waals surface area (Å²) in [4.78, 5) is 0. The van der Waals surface area contributed by atoms with Crippen LogP contribution in [0.25, 0.3) is 16.9 Å². The Hall–Kier alpha value is -3.62. The first-order chi connectivity index (χ1) is 13.0. The lowest BCUT2D eigenvalue weighted by Gasteiger charge is -2.17. The number of aromatic hydroxyl groups is 2. The molecule has 0 spiro atoms. The van der Waals surface area contributed by atoms with E-state index in [1.807, 2.05) is 0 Å². The Kier molecular flexibility index (Phi) is 4.93. The Morgan fingerprint density at radius 3 is 2.11 bits per heavy atom. The molecule has 9 heteroatoms. The van der Waals surface area contributed by atoms with E-state index in [1.54, 1.807) is 12.1 Å². The molecule has 27 heavy (non-hydrogen) atoms. The summed E-state index contributed by atoms with van der Waals surface area (Å²) < 4.78 is 22.6. The normalized spacial score (nSPS) is 10.5. The van der Waals surface area contributed by atoms with Crippen molar-refractivity contribution in [3.8, 4) is 51.4 Å². The Labute approximate surface area is 155 Å². The molecule has 2 aromatic carbocycles. The van der Waals surface area contributed by atoms with E-state index in [9.17, 15) is 10.2 Å². The third-order valence-electron chi connectivity index (χ3n) is 4.02. The summed E-state index contributed by atoms with van der Waals surface area (Å²) in [5.74, 6) is 0.892. The number of rotatable bonds is 6. The fraction of sp³-hybridized carbons (Fsp3) is 0.222. The van der Waals surface area contributed by atoms with Gasteiger partial charge in [0.1, 0.15) is 0 Å². The second-order valence-electron chi connectivity index (χ2n) is 5.43. The van der Waals surface area contributed by atoms with Gasteiger partial charge >= 0.3 is 0 Å². The van der Waals surface area contributed by atoms with Crippen molar-refractivity contribution in [3.63, 3.8) is 0 Å². The molecule has 2 N–H and O–H groups in total. The molecule has 0 fully saturated rings. The topological polar surface area (TPSA) is 108 Å². The minimum atomic E-state index is -0.129. The zero-order valence-electron chi connectivity index (χ0n) is 15.3. The van der Waals surface area contributed by atoms with Gasteiger partial charge in [0.15, 0.2) is 23.0 Å². The van der Waals surface area contributed by atoms with E-state index in [4.69, 9.17) is 18.9 Å². The van der Waals surface area contributed by atoms with Gasteiger partial charge in [-0.25, -0.2) is 4.68 Å². The number of aromatic nitrogens is 3. The summed E-state index contributed by atoms with van der Waals surface area (Å²) in [5, 5.41) is 28.4. The van der Waals surface area contributed by atoms with E-state index in [0.717, 1.165) is 0 Å². The standard InChI is InChI=1S/C18H19N3O6/c1-24-15-6-5-10(7-13(15)22)21-12(9-19-20-21)11-8-14(23)17(26-3)18(27-4)16(11)25-2/h5-9,22-23H,1-4H3. The number of phenols is 2. The minimum Gasteiger partial charge on any atom is -0.504 e. The van der Waals surface area contributed by atoms with Crippen molar-refractivity contribution in [2.45, 2.75) is 0 Å². The Bertz CT molecular complexity index is 970. The number of nitrogens with zero attached hydrogens (tertiary/aromatic N) is 3. The van der Waals surface area contributed by atoms with Gasteiger partial charge < -0.3 is 29.2 Å². The van der Waals surface area contributed by atoms with Crippen LogP contribution < -0.4 is 18.9 Å². The van der Waals surface area contributed by atoms with E-state index < -0.39 is 0 Å². The van der Waals surface area contributed by atoms with Gasteiger partial charge in [0.25, 0.3) is 0 Å². The highest BCUT2D eigenvalue weighted by Gasteiger charge is 2.24. The predicted octanol–water partition coefficient (Wildman–Crippen LogP) is 2.38. The largest absolute Gasteiger partial charge is 0.504 e. The molecule has 3 rings (SSSR count). The molecular weight excluding hydrogens is 354 g/mol. The van der Waals surface area contributed by atoms with Gasteiger partial charge in [0.2, 0.25) is 11.5 Å². The smallest absolute Gasteiger partial charge is 0.207 e. The molecule has 0 unspecified atom stereocenters. The van der Waals surface area contributed by atoms with Crippen molar-refractivity contribution in [2.75, 3.05) is 28.4 Å². The highest BCUT2D eigenvalue weighted by molar-refractivity contribution is 5.78. The molecule has 0 aliphatic heterocycles. The first kappa shape index (κ1) is 18.2. The SMILES string of the molecule is COc1ccc(-n2nncc2-c2cc(O)c(OC)c(OC)c2OC)cc1O. The van der Waals surface area contributed by atoms with Crippen LogP contribution in [-0.4, -0.2) is 53.6 Å². The van der Waals surface area contributed by atoms with E-state index in [2.05, 4.69) is 10.3 Å². The first-order valence-electron chi connectivity index (χ1n) is 7.86. The highest BCUT2D eigenvalue weighted by Crippen LogP contribution is 2.49. The molecule has 142 valence electrons. The van der Waals surface area contributed by atoms with Crippen molar-refractivity contribution in [2.24, 2.45) is 0 Å². The molecule has 0 amide bonds. The van der Waals surface area contributed by atoms with E-state index >= 15 is 0 Å². The van der Waals surface area contributed by atoms with E-state index in [-0.39, 0.29) is 23.0 Å². The number of phenolic OH excluding ortho intramolecular Hbond substituents is 2. The lowest BCUT2D eigenvalue weighted by Crippen LogP contribution is -2.02. The van der Waals surface area contributed by atoms with Gasteiger partial charge in [0, 0.05) is 6.07 Å². The molecular formula is C18H19N3O6. The number of hydrogen-bond acceptors (Lipinski definition) is 8. The Balaban J connectivity index is 2.21. The third-order valence-corrected chi connectivity index (χ3v) is 4.02. The van der Waals surface area contributed by atoms with Gasteiger partial charge in [-0.1, -0.05) is 5.21 Å². The monoisotopic (exact) mass is 373 g/mol. The molecule has 0 saturated heterocycles. The summed E-state index contributed by atoms with van der Waals surface area (Å²) >= 11 is 0. The maximum Gasteiger partial charge on any atom is 0.207 e. The highest BCUT2D eigenvalue weighted by atomic mass is 16.5. The maximum absolute atomic E-state index is 10.3. The average Bonchev–Trinajstić information content (AvgIpc) is 3.16. The maximum atomic E-state index is 10.3. The second kappa shape index (κ2) is 7.32. The molecule has 0 aliphatic carbocycles. The molecule has 3 aromatic rings. The predicted molar refractivity (Wildman–Crippen MR) is 96.3 cm³/mol. The minimum absolute atomic E-state index is 0.0430. The molecule has 0 atom stereocenters. The average molecular weight is 373 g/mol. The van der Waals surface area contributed by atoms with Crippen LogP contribution in [-0.2, 0) is 0 Å². The molecule has 1 heterocycles. The summed E-state index contributed by atoms with van der Waals surface area (Å²) in [6.07, 6.45) is 1.50. The number of methoxy groups -OCH3 is 4. The molecule has 0 radical (unpaired) electrons. The number of benzene rings is 2. The van der Waals surface area contributed by atoms with Crippen LogP contribution in [0.3, 0.4) is 0 Å². The van der Waals surface area contributed by atoms with Gasteiger partial charge in [-0.3, -0.25) is 0 Å². The molecule has 9 nitrogen and oxygen atoms in total. The summed E-state index contributed by atoms with van der Waals surface area (Å²) in [7, 11) is 5.81. The van der Waals surface area contributed by atoms with Gasteiger partial charge in [-0.05, 0) is 18.2 Å². The molecule has 1 aromatic heterocycles. The van der Waals surface area contributed by atoms with E-state index in [0.29, 0.717) is 28.4 Å². The second-order valence-corrected chi connectivity index (χ2v) is 5.43. The van der Waals surface area contributed by atoms with Crippen LogP contribution in [0.4, 0.5) is 0 Å². The number of ether oxygens (including phenoxy) is 4. The number of hydrogen-bond donors (Lipinski definition) is 2. The zero-order valence-corrected chi connectivity index (χ0v) is 15.3. The first-order valence-corrected chi connectivity index (χ1v) is 7.86. The van der Waals surface area contributed by atoms with Gasteiger partial charge in [-0.2, -0.15) is 0 Å². The van der Waals surface area contributed by atoms with Crippen molar-refractivity contribution in [1.29, 1.82) is 0 Å². The van der Waals surface area contributed by atoms with Crippen LogP contribution in [0.2, 0.25) is 0 Å². The quantitative estimate of drug-likeness (QED) is 0.678. The van der Waals surface area contributed by atoms with Crippen LogP contribution in [0, 0.1) is 0 Å². The van der Waals surface area contributed by atoms with Crippen LogP contribution >= 0.6 is 0 Å². The lowest BCUT2D eigenvalue weighted by molar-refractivity contribution is 0.311. The summed E-state index contributed by atoms with van der Waals surface area (Å²) in [6, 6.07) is 6.28. The lowest BCUT2D eigenvalue weighted by atomic mass is 10.1. The van der Waals surface area contributed by atoms with E-state index in [1.165, 1.54) is 51.5 Å². The molecule has 0 aliphatic rings. The Morgan fingerprint density at radius 1 is 0.815 bits per heavy atom. The fourth-order valence-electron chi connectivity index (χ4n) is 2.80. The van der Waals surface area contributed by atoms with Gasteiger partial charge in [-0.15, -0.1) is 5.10 Å². The van der Waals surface area contributed by atoms with Crippen molar-refractivity contribution in [1.82, 2.24) is 15.0 Å². The summed E-state index contributed by atoms with van der Waals surface area (Å²) in [5.41, 5.74) is 1.53. The summed E-state index contributed by atoms with van der Waals surface area (Å²) in [6.45, 7) is 0. The third kappa shape index (κ3) is 3.03. The van der Waals surface area contributed by atoms with Crippen molar-refractivity contribution in [3.05, 3.63) is 30.5 Å². The van der Waals surface area contributed by atoms with Crippen molar-refractivity contribution < 1.29 is 29.2 Å². The molecule has 0 bridgehead atoms. The van der Waals surface area contributed by atoms with Crippen LogP contribution in [0.1, 0.15) is 0 Å². The zero-order chi connectivity index (χ0) is 19.6. The van der Waals surface area contributed by atoms with Crippen molar-refractivity contribution >= 4 is 0 Å². The fourth-order valence-corrected chi connectivity index (χ4v) is 2.80. The molecule has 0 saturated carbocycles. The van der Waals surface area contributed by atoms with Gasteiger partial charge in [0.05, 0.1) is 51.6 Å².